The van der Waals surface area contributed by atoms with Crippen LogP contribution in [0, 0.1) is 19.7 Å². The first-order valence-electron chi connectivity index (χ1n) is 6.36. The summed E-state index contributed by atoms with van der Waals surface area (Å²) in [5.74, 6) is -2.04. The minimum absolute atomic E-state index is 0.0801. The zero-order valence-corrected chi connectivity index (χ0v) is 12.0. The molecule has 1 aromatic heterocycles. The summed E-state index contributed by atoms with van der Waals surface area (Å²) in [6.45, 7) is 3.29. The second-order valence-corrected chi connectivity index (χ2v) is 4.70. The Morgan fingerprint density at radius 1 is 1.24 bits per heavy atom. The van der Waals surface area contributed by atoms with E-state index in [4.69, 9.17) is 4.74 Å². The molecule has 0 fully saturated rings. The average molecular weight is 290 g/mol. The zero-order chi connectivity index (χ0) is 15.6. The molecule has 0 bridgehead atoms. The lowest BCUT2D eigenvalue weighted by atomic mass is 10.1. The van der Waals surface area contributed by atoms with Crippen LogP contribution < -0.4 is 0 Å². The number of aromatic nitrogens is 2. The molecule has 0 N–H and O–H groups in total. The summed E-state index contributed by atoms with van der Waals surface area (Å²) in [7, 11) is 1.70. The van der Waals surface area contributed by atoms with E-state index in [-0.39, 0.29) is 18.0 Å². The molecule has 1 aromatic carbocycles. The lowest BCUT2D eigenvalue weighted by molar-refractivity contribution is -0.139. The number of benzene rings is 1. The second-order valence-electron chi connectivity index (χ2n) is 4.70. The van der Waals surface area contributed by atoms with Gasteiger partial charge in [0.2, 0.25) is 0 Å². The normalized spacial score (nSPS) is 10.5. The fourth-order valence-electron chi connectivity index (χ4n) is 2.00. The highest BCUT2D eigenvalue weighted by molar-refractivity contribution is 6.41. The van der Waals surface area contributed by atoms with Crippen molar-refractivity contribution in [3.05, 3.63) is 52.6 Å². The SMILES string of the molecule is Cc1nn(C)c(C)c1C(=O)C(=O)OCc1ccc(F)cc1. The maximum atomic E-state index is 12.8. The monoisotopic (exact) mass is 290 g/mol. The van der Waals surface area contributed by atoms with Crippen LogP contribution in [0.1, 0.15) is 27.3 Å². The number of aryl methyl sites for hydroxylation is 2. The predicted molar refractivity (Wildman–Crippen MR) is 73.2 cm³/mol. The van der Waals surface area contributed by atoms with Gasteiger partial charge in [0.15, 0.2) is 0 Å². The molecule has 0 radical (unpaired) electrons. The van der Waals surface area contributed by atoms with Gasteiger partial charge in [-0.1, -0.05) is 12.1 Å². The Balaban J connectivity index is 2.06. The molecule has 0 aliphatic rings. The van der Waals surface area contributed by atoms with E-state index in [2.05, 4.69) is 5.10 Å². The molecule has 0 spiro atoms. The van der Waals surface area contributed by atoms with Crippen LogP contribution in [0.15, 0.2) is 24.3 Å². The fraction of sp³-hybridized carbons (Fsp3) is 0.267. The van der Waals surface area contributed by atoms with E-state index in [1.165, 1.54) is 28.9 Å². The molecule has 0 aliphatic heterocycles. The molecule has 6 heteroatoms. The van der Waals surface area contributed by atoms with Crippen molar-refractivity contribution in [3.8, 4) is 0 Å². The van der Waals surface area contributed by atoms with Crippen LogP contribution in [0.25, 0.3) is 0 Å². The molecule has 5 nitrogen and oxygen atoms in total. The van der Waals surface area contributed by atoms with Crippen LogP contribution >= 0.6 is 0 Å². The standard InChI is InChI=1S/C15H15FN2O3/c1-9-13(10(2)18(3)17-9)14(19)15(20)21-8-11-4-6-12(16)7-5-11/h4-7H,8H2,1-3H3. The first-order valence-corrected chi connectivity index (χ1v) is 6.36. The van der Waals surface area contributed by atoms with Crippen molar-refractivity contribution in [2.75, 3.05) is 0 Å². The van der Waals surface area contributed by atoms with E-state index in [0.29, 0.717) is 17.0 Å². The number of rotatable bonds is 4. The summed E-state index contributed by atoms with van der Waals surface area (Å²) in [5, 5.41) is 4.09. The smallest absolute Gasteiger partial charge is 0.380 e. The molecule has 1 heterocycles. The Kier molecular flexibility index (Phi) is 4.16. The van der Waals surface area contributed by atoms with Crippen LogP contribution in [0.2, 0.25) is 0 Å². The molecular weight excluding hydrogens is 275 g/mol. The van der Waals surface area contributed by atoms with E-state index in [9.17, 15) is 14.0 Å². The molecule has 2 aromatic rings. The first-order chi connectivity index (χ1) is 9.90. The molecule has 0 saturated heterocycles. The van der Waals surface area contributed by atoms with Gasteiger partial charge in [0, 0.05) is 12.7 Å². The molecule has 0 unspecified atom stereocenters. The lowest BCUT2D eigenvalue weighted by Crippen LogP contribution is -2.19. The number of hydrogen-bond acceptors (Lipinski definition) is 4. The Morgan fingerprint density at radius 3 is 2.38 bits per heavy atom. The zero-order valence-electron chi connectivity index (χ0n) is 12.0. The van der Waals surface area contributed by atoms with Gasteiger partial charge in [0.1, 0.15) is 12.4 Å². The van der Waals surface area contributed by atoms with Crippen molar-refractivity contribution in [2.45, 2.75) is 20.5 Å². The van der Waals surface area contributed by atoms with Crippen molar-refractivity contribution in [1.82, 2.24) is 9.78 Å². The largest absolute Gasteiger partial charge is 0.455 e. The van der Waals surface area contributed by atoms with Crippen LogP contribution in [-0.2, 0) is 23.2 Å². The van der Waals surface area contributed by atoms with E-state index < -0.39 is 11.8 Å². The number of nitrogens with zero attached hydrogens (tertiary/aromatic N) is 2. The van der Waals surface area contributed by atoms with Gasteiger partial charge < -0.3 is 4.74 Å². The number of esters is 1. The quantitative estimate of drug-likeness (QED) is 0.491. The van der Waals surface area contributed by atoms with Crippen LogP contribution in [-0.4, -0.2) is 21.5 Å². The number of Topliss-reactive ketones (excluding diaryl/α,β-unsaturated/α-hetero) is 1. The topological polar surface area (TPSA) is 61.2 Å². The van der Waals surface area contributed by atoms with Crippen LogP contribution in [0.5, 0.6) is 0 Å². The average Bonchev–Trinajstić information content (AvgIpc) is 2.70. The van der Waals surface area contributed by atoms with Crippen molar-refractivity contribution in [2.24, 2.45) is 7.05 Å². The summed E-state index contributed by atoms with van der Waals surface area (Å²) in [6.07, 6.45) is 0. The minimum Gasteiger partial charge on any atom is -0.455 e. The summed E-state index contributed by atoms with van der Waals surface area (Å²) in [5.41, 5.74) is 1.97. The predicted octanol–water partition coefficient (Wildman–Crippen LogP) is 2.10. The third-order valence-electron chi connectivity index (χ3n) is 3.20. The maximum Gasteiger partial charge on any atom is 0.380 e. The third-order valence-corrected chi connectivity index (χ3v) is 3.20. The van der Waals surface area contributed by atoms with Crippen molar-refractivity contribution in [3.63, 3.8) is 0 Å². The molecule has 0 amide bonds. The summed E-state index contributed by atoms with van der Waals surface area (Å²) >= 11 is 0. The molecule has 0 aliphatic carbocycles. The van der Waals surface area contributed by atoms with Gasteiger partial charge in [-0.2, -0.15) is 5.10 Å². The van der Waals surface area contributed by atoms with Crippen LogP contribution in [0.4, 0.5) is 4.39 Å². The molecule has 21 heavy (non-hydrogen) atoms. The van der Waals surface area contributed by atoms with E-state index in [1.807, 2.05) is 0 Å². The third kappa shape index (κ3) is 3.16. The maximum absolute atomic E-state index is 12.8. The van der Waals surface area contributed by atoms with Crippen LogP contribution in [0.3, 0.4) is 0 Å². The van der Waals surface area contributed by atoms with Gasteiger partial charge in [0.05, 0.1) is 11.3 Å². The Labute approximate surface area is 121 Å². The highest BCUT2D eigenvalue weighted by atomic mass is 19.1. The van der Waals surface area contributed by atoms with Crippen molar-refractivity contribution >= 4 is 11.8 Å². The van der Waals surface area contributed by atoms with E-state index in [0.717, 1.165) is 0 Å². The number of hydrogen-bond donors (Lipinski definition) is 0. The fourth-order valence-corrected chi connectivity index (χ4v) is 2.00. The Morgan fingerprint density at radius 2 is 1.86 bits per heavy atom. The van der Waals surface area contributed by atoms with Gasteiger partial charge in [0.25, 0.3) is 5.78 Å². The number of ether oxygens (including phenoxy) is 1. The van der Waals surface area contributed by atoms with Gasteiger partial charge in [-0.25, -0.2) is 9.18 Å². The number of carbonyl (C=O) groups excluding carboxylic acids is 2. The number of halogens is 1. The molecule has 2 rings (SSSR count). The molecule has 0 saturated carbocycles. The lowest BCUT2D eigenvalue weighted by Gasteiger charge is -2.04. The molecule has 110 valence electrons. The van der Waals surface area contributed by atoms with Crippen molar-refractivity contribution < 1.29 is 18.7 Å². The molecule has 0 atom stereocenters. The van der Waals surface area contributed by atoms with Gasteiger partial charge >= 0.3 is 5.97 Å². The van der Waals surface area contributed by atoms with E-state index >= 15 is 0 Å². The second kappa shape index (κ2) is 5.87. The highest BCUT2D eigenvalue weighted by Gasteiger charge is 2.25. The number of ketones is 1. The Hall–Kier alpha value is -2.50. The first kappa shape index (κ1) is 14.9. The highest BCUT2D eigenvalue weighted by Crippen LogP contribution is 2.14. The summed E-state index contributed by atoms with van der Waals surface area (Å²) in [6, 6.07) is 5.52. The van der Waals surface area contributed by atoms with Crippen molar-refractivity contribution in [1.29, 1.82) is 0 Å². The summed E-state index contributed by atoms with van der Waals surface area (Å²) < 4.78 is 19.2. The van der Waals surface area contributed by atoms with Gasteiger partial charge in [-0.3, -0.25) is 9.48 Å². The molecular formula is C15H15FN2O3. The minimum atomic E-state index is -0.946. The van der Waals surface area contributed by atoms with Gasteiger partial charge in [-0.15, -0.1) is 0 Å². The number of carbonyl (C=O) groups is 2. The van der Waals surface area contributed by atoms with Gasteiger partial charge in [-0.05, 0) is 31.5 Å². The van der Waals surface area contributed by atoms with E-state index in [1.54, 1.807) is 20.9 Å². The Bertz CT molecular complexity index is 690. The summed E-state index contributed by atoms with van der Waals surface area (Å²) in [4.78, 5) is 23.9.